The van der Waals surface area contributed by atoms with Gasteiger partial charge in [-0.2, -0.15) is 0 Å². The first-order valence-corrected chi connectivity index (χ1v) is 12.1. The molecule has 0 unspecified atom stereocenters. The van der Waals surface area contributed by atoms with Crippen molar-refractivity contribution in [1.82, 2.24) is 14.3 Å². The second kappa shape index (κ2) is 8.57. The van der Waals surface area contributed by atoms with Gasteiger partial charge in [0, 0.05) is 38.8 Å². The molecule has 1 amide bonds. The van der Waals surface area contributed by atoms with Crippen molar-refractivity contribution in [3.8, 4) is 16.8 Å². The number of nitrogens with zero attached hydrogens (tertiary/aromatic N) is 2. The van der Waals surface area contributed by atoms with E-state index in [0.29, 0.717) is 26.6 Å². The molecule has 0 aliphatic rings. The Morgan fingerprint density at radius 2 is 1.76 bits per heavy atom. The van der Waals surface area contributed by atoms with E-state index in [1.807, 2.05) is 0 Å². The van der Waals surface area contributed by atoms with E-state index in [-0.39, 0.29) is 16.4 Å². The number of fused-ring (bicyclic) bond motifs is 1. The normalized spacial score (nSPS) is 11.7. The van der Waals surface area contributed by atoms with E-state index < -0.39 is 33.1 Å². The molecule has 0 atom stereocenters. The Kier molecular flexibility index (Phi) is 6.09. The molecule has 2 heterocycles. The van der Waals surface area contributed by atoms with Crippen LogP contribution in [0.25, 0.3) is 27.8 Å². The maximum absolute atomic E-state index is 14.8. The number of carbonyl (C=O) groups excluding carboxylic acids is 1. The number of rotatable bonds is 4. The van der Waals surface area contributed by atoms with E-state index in [9.17, 15) is 22.0 Å². The molecule has 0 aliphatic heterocycles. The molecular formula is C21H12Cl3F2N3O3S. The molecule has 2 aromatic heterocycles. The Morgan fingerprint density at radius 3 is 2.42 bits per heavy atom. The van der Waals surface area contributed by atoms with Crippen LogP contribution in [0.1, 0.15) is 10.4 Å². The first kappa shape index (κ1) is 23.4. The SMILES string of the molecule is CS(=O)(=O)NC(=O)c1cc(Cl)c(-n2cc(-c3ccc(Cl)cc3Cl)c3cc(F)cnc32)cc1F. The topological polar surface area (TPSA) is 81.1 Å². The zero-order valence-electron chi connectivity index (χ0n) is 16.5. The van der Waals surface area contributed by atoms with Gasteiger partial charge >= 0.3 is 0 Å². The quantitative estimate of drug-likeness (QED) is 0.371. The van der Waals surface area contributed by atoms with Crippen LogP contribution in [-0.4, -0.2) is 30.1 Å². The van der Waals surface area contributed by atoms with Crippen LogP contribution in [0.4, 0.5) is 8.78 Å². The van der Waals surface area contributed by atoms with Crippen LogP contribution in [0.3, 0.4) is 0 Å². The van der Waals surface area contributed by atoms with Gasteiger partial charge in [-0.1, -0.05) is 40.9 Å². The summed E-state index contributed by atoms with van der Waals surface area (Å²) in [6, 6.07) is 7.98. The highest BCUT2D eigenvalue weighted by molar-refractivity contribution is 7.89. The van der Waals surface area contributed by atoms with Crippen LogP contribution >= 0.6 is 34.8 Å². The minimum absolute atomic E-state index is 0.0770. The van der Waals surface area contributed by atoms with Gasteiger partial charge in [0.2, 0.25) is 10.0 Å². The minimum atomic E-state index is -3.91. The highest BCUT2D eigenvalue weighted by Crippen LogP contribution is 2.38. The number of halogens is 5. The van der Waals surface area contributed by atoms with Gasteiger partial charge in [0.1, 0.15) is 17.3 Å². The van der Waals surface area contributed by atoms with Gasteiger partial charge in [0.15, 0.2) is 0 Å². The maximum atomic E-state index is 14.8. The summed E-state index contributed by atoms with van der Waals surface area (Å²) >= 11 is 18.6. The monoisotopic (exact) mass is 529 g/mol. The first-order valence-electron chi connectivity index (χ1n) is 9.08. The number of pyridine rings is 1. The Bertz CT molecular complexity index is 1560. The first-order chi connectivity index (χ1) is 15.4. The fraction of sp³-hybridized carbons (Fsp3) is 0.0476. The Labute approximate surface area is 201 Å². The van der Waals surface area contributed by atoms with E-state index in [2.05, 4.69) is 4.98 Å². The number of nitrogens with one attached hydrogen (secondary N) is 1. The van der Waals surface area contributed by atoms with Crippen molar-refractivity contribution in [3.05, 3.63) is 81.1 Å². The summed E-state index contributed by atoms with van der Waals surface area (Å²) in [5.41, 5.74) is 0.773. The predicted molar refractivity (Wildman–Crippen MR) is 124 cm³/mol. The summed E-state index contributed by atoms with van der Waals surface area (Å²) in [6.07, 6.45) is 3.30. The average molecular weight is 531 g/mol. The molecule has 0 fully saturated rings. The second-order valence-electron chi connectivity index (χ2n) is 7.05. The van der Waals surface area contributed by atoms with E-state index in [4.69, 9.17) is 34.8 Å². The number of benzene rings is 2. The van der Waals surface area contributed by atoms with Crippen LogP contribution in [-0.2, 0) is 10.0 Å². The summed E-state index contributed by atoms with van der Waals surface area (Å²) < 4.78 is 54.5. The van der Waals surface area contributed by atoms with Crippen LogP contribution in [0.5, 0.6) is 0 Å². The summed E-state index contributed by atoms with van der Waals surface area (Å²) in [6.45, 7) is 0. The molecule has 2 aromatic carbocycles. The summed E-state index contributed by atoms with van der Waals surface area (Å²) in [4.78, 5) is 16.2. The number of amides is 1. The van der Waals surface area contributed by atoms with Crippen LogP contribution in [0.2, 0.25) is 15.1 Å². The van der Waals surface area contributed by atoms with Gasteiger partial charge in [-0.15, -0.1) is 0 Å². The zero-order chi connectivity index (χ0) is 24.1. The van der Waals surface area contributed by atoms with Gasteiger partial charge < -0.3 is 0 Å². The van der Waals surface area contributed by atoms with Crippen molar-refractivity contribution in [2.24, 2.45) is 0 Å². The third-order valence-corrected chi connectivity index (χ3v) is 6.06. The van der Waals surface area contributed by atoms with E-state index in [0.717, 1.165) is 24.6 Å². The van der Waals surface area contributed by atoms with Crippen LogP contribution < -0.4 is 4.72 Å². The molecule has 0 spiro atoms. The van der Waals surface area contributed by atoms with Crippen LogP contribution in [0, 0.1) is 11.6 Å². The zero-order valence-corrected chi connectivity index (χ0v) is 19.6. The maximum Gasteiger partial charge on any atom is 0.267 e. The number of aromatic nitrogens is 2. The molecule has 0 saturated heterocycles. The van der Waals surface area contributed by atoms with E-state index >= 15 is 0 Å². The standard InChI is InChI=1S/C21H12Cl3F2N3O3S/c1-33(31,32)28-21(30)14-6-17(24)19(7-18(14)26)29-9-15(12-3-2-10(22)4-16(12)23)13-5-11(25)8-27-20(13)29/h2-9H,1H3,(H,28,30). The van der Waals surface area contributed by atoms with Crippen molar-refractivity contribution < 1.29 is 22.0 Å². The van der Waals surface area contributed by atoms with Crippen molar-refractivity contribution in [3.63, 3.8) is 0 Å². The third-order valence-electron chi connectivity index (χ3n) is 4.65. The van der Waals surface area contributed by atoms with Gasteiger partial charge in [-0.25, -0.2) is 26.9 Å². The lowest BCUT2D eigenvalue weighted by Gasteiger charge is -2.11. The number of carbonyl (C=O) groups is 1. The summed E-state index contributed by atoms with van der Waals surface area (Å²) in [5, 5.41) is 1.00. The molecule has 6 nitrogen and oxygen atoms in total. The molecular weight excluding hydrogens is 519 g/mol. The van der Waals surface area contributed by atoms with Gasteiger partial charge in [-0.05, 0) is 24.3 Å². The third kappa shape index (κ3) is 4.67. The van der Waals surface area contributed by atoms with Gasteiger partial charge in [-0.3, -0.25) is 9.36 Å². The fourth-order valence-electron chi connectivity index (χ4n) is 3.31. The Balaban J connectivity index is 1.92. The van der Waals surface area contributed by atoms with Crippen LogP contribution in [0.15, 0.2) is 48.8 Å². The van der Waals surface area contributed by atoms with Crippen molar-refractivity contribution in [2.45, 2.75) is 0 Å². The molecule has 0 aliphatic carbocycles. The predicted octanol–water partition coefficient (Wildman–Crippen LogP) is 5.62. The van der Waals surface area contributed by atoms with Gasteiger partial charge in [0.05, 0.1) is 28.7 Å². The van der Waals surface area contributed by atoms with E-state index in [1.54, 1.807) is 23.1 Å². The Morgan fingerprint density at radius 1 is 1.03 bits per heavy atom. The number of hydrogen-bond acceptors (Lipinski definition) is 4. The van der Waals surface area contributed by atoms with Crippen molar-refractivity contribution in [1.29, 1.82) is 0 Å². The molecule has 0 bridgehead atoms. The molecule has 170 valence electrons. The largest absolute Gasteiger partial charge is 0.299 e. The second-order valence-corrected chi connectivity index (χ2v) is 10.0. The Hall–Kier alpha value is -2.72. The molecule has 4 rings (SSSR count). The molecule has 33 heavy (non-hydrogen) atoms. The number of sulfonamides is 1. The van der Waals surface area contributed by atoms with Gasteiger partial charge in [0.25, 0.3) is 5.91 Å². The van der Waals surface area contributed by atoms with E-state index in [1.165, 1.54) is 16.7 Å². The highest BCUT2D eigenvalue weighted by atomic mass is 35.5. The minimum Gasteiger partial charge on any atom is -0.299 e. The average Bonchev–Trinajstić information content (AvgIpc) is 3.06. The highest BCUT2D eigenvalue weighted by Gasteiger charge is 2.22. The summed E-state index contributed by atoms with van der Waals surface area (Å²) in [7, 11) is -3.91. The summed E-state index contributed by atoms with van der Waals surface area (Å²) in [5.74, 6) is -2.79. The smallest absolute Gasteiger partial charge is 0.267 e. The van der Waals surface area contributed by atoms with Crippen molar-refractivity contribution in [2.75, 3.05) is 6.26 Å². The molecule has 4 aromatic rings. The molecule has 12 heteroatoms. The lowest BCUT2D eigenvalue weighted by Crippen LogP contribution is -2.30. The molecule has 1 N–H and O–H groups in total. The molecule has 0 saturated carbocycles. The lowest BCUT2D eigenvalue weighted by atomic mass is 10.1. The lowest BCUT2D eigenvalue weighted by molar-refractivity contribution is 0.0978. The molecule has 0 radical (unpaired) electrons. The number of hydrogen-bond donors (Lipinski definition) is 1. The van der Waals surface area contributed by atoms with Crippen molar-refractivity contribution >= 4 is 61.8 Å². The fourth-order valence-corrected chi connectivity index (χ4v) is 4.52.